The second-order valence-corrected chi connectivity index (χ2v) is 7.00. The highest BCUT2D eigenvalue weighted by molar-refractivity contribution is 14.1. The van der Waals surface area contributed by atoms with Crippen LogP contribution in [0.15, 0.2) is 12.1 Å². The molecule has 1 heterocycles. The lowest BCUT2D eigenvalue weighted by molar-refractivity contribution is 0.361. The molecule has 0 bridgehead atoms. The highest BCUT2D eigenvalue weighted by Gasteiger charge is 2.26. The molecular weight excluding hydrogens is 390 g/mol. The van der Waals surface area contributed by atoms with Gasteiger partial charge in [-0.2, -0.15) is 0 Å². The second kappa shape index (κ2) is 5.79. The van der Waals surface area contributed by atoms with Crippen molar-refractivity contribution in [2.75, 3.05) is 0 Å². The van der Waals surface area contributed by atoms with Gasteiger partial charge in [0, 0.05) is 12.1 Å². The Labute approximate surface area is 136 Å². The molecule has 3 rings (SSSR count). The lowest BCUT2D eigenvalue weighted by atomic mass is 9.99. The maximum atomic E-state index is 13.9. The van der Waals surface area contributed by atoms with E-state index in [-0.39, 0.29) is 5.82 Å². The summed E-state index contributed by atoms with van der Waals surface area (Å²) < 4.78 is 16.7. The SMILES string of the molecule is CC(C1CCCC1)n1c(CCl)nc2cc(I)c(F)cc21. The molecule has 0 N–H and O–H groups in total. The van der Waals surface area contributed by atoms with E-state index in [1.54, 1.807) is 12.1 Å². The van der Waals surface area contributed by atoms with Gasteiger partial charge in [-0.05, 0) is 54.3 Å². The number of alkyl halides is 1. The Morgan fingerprint density at radius 3 is 2.80 bits per heavy atom. The van der Waals surface area contributed by atoms with Gasteiger partial charge in [-0.15, -0.1) is 11.6 Å². The van der Waals surface area contributed by atoms with Crippen LogP contribution in [0.1, 0.15) is 44.5 Å². The first-order valence-electron chi connectivity index (χ1n) is 7.03. The molecule has 0 spiro atoms. The molecule has 1 aromatic carbocycles. The van der Waals surface area contributed by atoms with Crippen LogP contribution in [0.2, 0.25) is 0 Å². The largest absolute Gasteiger partial charge is 0.324 e. The summed E-state index contributed by atoms with van der Waals surface area (Å²) in [7, 11) is 0. The van der Waals surface area contributed by atoms with Crippen molar-refractivity contribution in [1.29, 1.82) is 0 Å². The molecule has 0 saturated heterocycles. The van der Waals surface area contributed by atoms with E-state index in [0.29, 0.717) is 21.4 Å². The number of hydrogen-bond donors (Lipinski definition) is 0. The molecular formula is C15H17ClFIN2. The minimum Gasteiger partial charge on any atom is -0.324 e. The summed E-state index contributed by atoms with van der Waals surface area (Å²) in [5.41, 5.74) is 1.72. The first kappa shape index (κ1) is 14.6. The van der Waals surface area contributed by atoms with E-state index in [1.165, 1.54) is 25.7 Å². The summed E-state index contributed by atoms with van der Waals surface area (Å²) in [6.07, 6.45) is 5.08. The maximum absolute atomic E-state index is 13.9. The Morgan fingerprint density at radius 1 is 1.45 bits per heavy atom. The van der Waals surface area contributed by atoms with Crippen molar-refractivity contribution in [2.45, 2.75) is 44.5 Å². The molecule has 0 radical (unpaired) electrons. The minimum absolute atomic E-state index is 0.181. The summed E-state index contributed by atoms with van der Waals surface area (Å²) in [5.74, 6) is 1.68. The fourth-order valence-corrected chi connectivity index (χ4v) is 3.98. The second-order valence-electron chi connectivity index (χ2n) is 5.57. The first-order valence-corrected chi connectivity index (χ1v) is 8.65. The molecule has 1 aliphatic carbocycles. The maximum Gasteiger partial charge on any atom is 0.138 e. The standard InChI is InChI=1S/C15H17ClFIN2/c1-9(10-4-2-3-5-10)20-14-6-11(17)12(18)7-13(14)19-15(20)8-16/h6-7,9-10H,2-5,8H2,1H3. The Balaban J connectivity index is 2.13. The normalized spacial score (nSPS) is 18.0. The molecule has 1 saturated carbocycles. The van der Waals surface area contributed by atoms with Crippen LogP contribution in [-0.2, 0) is 5.88 Å². The van der Waals surface area contributed by atoms with Crippen molar-refractivity contribution in [3.05, 3.63) is 27.3 Å². The summed E-state index contributed by atoms with van der Waals surface area (Å²) in [6.45, 7) is 2.21. The molecule has 1 aromatic heterocycles. The number of nitrogens with zero attached hydrogens (tertiary/aromatic N) is 2. The number of benzene rings is 1. The third-order valence-electron chi connectivity index (χ3n) is 4.41. The summed E-state index contributed by atoms with van der Waals surface area (Å²) in [6, 6.07) is 3.74. The highest BCUT2D eigenvalue weighted by atomic mass is 127. The van der Waals surface area contributed by atoms with Crippen molar-refractivity contribution >= 4 is 45.2 Å². The van der Waals surface area contributed by atoms with E-state index < -0.39 is 0 Å². The average Bonchev–Trinajstić information content (AvgIpc) is 3.06. The van der Waals surface area contributed by atoms with Gasteiger partial charge in [-0.3, -0.25) is 0 Å². The van der Waals surface area contributed by atoms with Crippen LogP contribution >= 0.6 is 34.2 Å². The van der Waals surface area contributed by atoms with Crippen molar-refractivity contribution in [2.24, 2.45) is 5.92 Å². The van der Waals surface area contributed by atoms with Crippen LogP contribution in [-0.4, -0.2) is 9.55 Å². The molecule has 5 heteroatoms. The van der Waals surface area contributed by atoms with Crippen molar-refractivity contribution in [1.82, 2.24) is 9.55 Å². The van der Waals surface area contributed by atoms with Crippen molar-refractivity contribution < 1.29 is 4.39 Å². The Kier molecular flexibility index (Phi) is 4.22. The van der Waals surface area contributed by atoms with Gasteiger partial charge in [0.15, 0.2) is 0 Å². The monoisotopic (exact) mass is 406 g/mol. The smallest absolute Gasteiger partial charge is 0.138 e. The van der Waals surface area contributed by atoms with Gasteiger partial charge in [-0.1, -0.05) is 12.8 Å². The molecule has 0 amide bonds. The van der Waals surface area contributed by atoms with E-state index >= 15 is 0 Å². The van der Waals surface area contributed by atoms with Gasteiger partial charge >= 0.3 is 0 Å². The molecule has 2 aromatic rings. The fraction of sp³-hybridized carbons (Fsp3) is 0.533. The van der Waals surface area contributed by atoms with Crippen molar-refractivity contribution in [3.63, 3.8) is 0 Å². The van der Waals surface area contributed by atoms with Crippen molar-refractivity contribution in [3.8, 4) is 0 Å². The lowest BCUT2D eigenvalue weighted by Crippen LogP contribution is -2.16. The van der Waals surface area contributed by atoms with Gasteiger partial charge in [0.1, 0.15) is 11.6 Å². The summed E-state index contributed by atoms with van der Waals surface area (Å²) in [4.78, 5) is 4.59. The Bertz CT molecular complexity index is 634. The molecule has 2 nitrogen and oxygen atoms in total. The minimum atomic E-state index is -0.181. The van der Waals surface area contributed by atoms with E-state index in [0.717, 1.165) is 16.9 Å². The third-order valence-corrected chi connectivity index (χ3v) is 5.48. The number of hydrogen-bond acceptors (Lipinski definition) is 1. The van der Waals surface area contributed by atoms with E-state index in [9.17, 15) is 4.39 Å². The number of halogens is 3. The van der Waals surface area contributed by atoms with Crippen LogP contribution in [0.5, 0.6) is 0 Å². The number of imidazole rings is 1. The zero-order valence-corrected chi connectivity index (χ0v) is 14.3. The Morgan fingerprint density at radius 2 is 2.15 bits per heavy atom. The van der Waals surface area contributed by atoms with Gasteiger partial charge in [0.05, 0.1) is 20.5 Å². The van der Waals surface area contributed by atoms with Gasteiger partial charge < -0.3 is 4.57 Å². The van der Waals surface area contributed by atoms with Crippen LogP contribution in [0.3, 0.4) is 0 Å². The lowest BCUT2D eigenvalue weighted by Gasteiger charge is -2.23. The molecule has 1 atom stereocenters. The molecule has 0 aliphatic heterocycles. The van der Waals surface area contributed by atoms with Crippen LogP contribution in [0, 0.1) is 15.3 Å². The molecule has 108 valence electrons. The average molecular weight is 407 g/mol. The Hall–Kier alpha value is -0.360. The molecule has 1 aliphatic rings. The third kappa shape index (κ3) is 2.45. The number of rotatable bonds is 3. The quantitative estimate of drug-likeness (QED) is 0.501. The molecule has 1 fully saturated rings. The van der Waals surface area contributed by atoms with E-state index in [2.05, 4.69) is 16.5 Å². The number of aromatic nitrogens is 2. The van der Waals surface area contributed by atoms with Gasteiger partial charge in [0.2, 0.25) is 0 Å². The molecule has 1 unspecified atom stereocenters. The summed E-state index contributed by atoms with van der Waals surface area (Å²) in [5, 5.41) is 0. The van der Waals surface area contributed by atoms with Gasteiger partial charge in [-0.25, -0.2) is 9.37 Å². The fourth-order valence-electron chi connectivity index (χ4n) is 3.34. The topological polar surface area (TPSA) is 17.8 Å². The number of fused-ring (bicyclic) bond motifs is 1. The van der Waals surface area contributed by atoms with Crippen LogP contribution in [0.4, 0.5) is 4.39 Å². The van der Waals surface area contributed by atoms with Gasteiger partial charge in [0.25, 0.3) is 0 Å². The van der Waals surface area contributed by atoms with Crippen LogP contribution in [0.25, 0.3) is 11.0 Å². The molecule has 20 heavy (non-hydrogen) atoms. The first-order chi connectivity index (χ1) is 9.61. The zero-order chi connectivity index (χ0) is 14.3. The predicted molar refractivity (Wildman–Crippen MR) is 88.6 cm³/mol. The highest BCUT2D eigenvalue weighted by Crippen LogP contribution is 2.37. The van der Waals surface area contributed by atoms with E-state index in [4.69, 9.17) is 11.6 Å². The summed E-state index contributed by atoms with van der Waals surface area (Å²) >= 11 is 8.06. The zero-order valence-electron chi connectivity index (χ0n) is 11.4. The van der Waals surface area contributed by atoms with E-state index in [1.807, 2.05) is 22.6 Å². The van der Waals surface area contributed by atoms with Crippen LogP contribution < -0.4 is 0 Å². The predicted octanol–water partition coefficient (Wildman–Crippen LogP) is 5.27.